The molecule has 5 nitrogen and oxygen atoms in total. The number of ether oxygens (including phenoxy) is 1. The van der Waals surface area contributed by atoms with Gasteiger partial charge in [-0.3, -0.25) is 4.79 Å². The zero-order valence-corrected chi connectivity index (χ0v) is 9.66. The van der Waals surface area contributed by atoms with Crippen LogP contribution in [0.1, 0.15) is 27.2 Å². The summed E-state index contributed by atoms with van der Waals surface area (Å²) in [7, 11) is 0. The second-order valence-electron chi connectivity index (χ2n) is 4.63. The molecule has 1 fully saturated rings. The summed E-state index contributed by atoms with van der Waals surface area (Å²) >= 11 is 0. The van der Waals surface area contributed by atoms with Crippen LogP contribution < -0.4 is 0 Å². The van der Waals surface area contributed by atoms with Gasteiger partial charge in [0.25, 0.3) is 0 Å². The highest BCUT2D eigenvalue weighted by Crippen LogP contribution is 2.13. The monoisotopic (exact) mass is 233 g/mol. The van der Waals surface area contributed by atoms with Crippen LogP contribution in [0.25, 0.3) is 0 Å². The predicted molar refractivity (Wildman–Crippen MR) is 53.4 cm³/mol. The highest BCUT2D eigenvalue weighted by Gasteiger charge is 2.30. The van der Waals surface area contributed by atoms with Crippen molar-refractivity contribution in [3.63, 3.8) is 0 Å². The molecule has 92 valence electrons. The molecule has 1 rings (SSSR count). The number of carbonyl (C=O) groups excluding carboxylic acids is 2. The molecule has 0 aliphatic carbocycles. The van der Waals surface area contributed by atoms with Crippen LogP contribution in [0.4, 0.5) is 9.18 Å². The number of Topliss-reactive ketones (excluding diaryl/α,β-unsaturated/α-hetero) is 1. The van der Waals surface area contributed by atoms with Gasteiger partial charge in [-0.05, 0) is 20.8 Å². The molecule has 1 saturated heterocycles. The average molecular weight is 233 g/mol. The molecule has 1 atom stereocenters. The number of piperidine rings is 1. The second-order valence-corrected chi connectivity index (χ2v) is 4.63. The summed E-state index contributed by atoms with van der Waals surface area (Å²) < 4.78 is 17.9. The minimum atomic E-state index is -1.59. The highest BCUT2D eigenvalue weighted by molar-refractivity contribution is 5.84. The quantitative estimate of drug-likeness (QED) is 0.642. The Morgan fingerprint density at radius 2 is 2.12 bits per heavy atom. The fourth-order valence-electron chi connectivity index (χ4n) is 1.22. The van der Waals surface area contributed by atoms with Crippen molar-refractivity contribution in [3.05, 3.63) is 0 Å². The number of halogens is 1. The van der Waals surface area contributed by atoms with Crippen molar-refractivity contribution in [3.8, 4) is 0 Å². The zero-order valence-electron chi connectivity index (χ0n) is 9.66. The molecule has 1 unspecified atom stereocenters. The van der Waals surface area contributed by atoms with E-state index in [2.05, 4.69) is 0 Å². The Hall–Kier alpha value is -1.17. The number of rotatable bonds is 1. The minimum absolute atomic E-state index is 0.0456. The Morgan fingerprint density at radius 3 is 2.62 bits per heavy atom. The third-order valence-electron chi connectivity index (χ3n) is 1.91. The van der Waals surface area contributed by atoms with Gasteiger partial charge >= 0.3 is 6.16 Å². The smallest absolute Gasteiger partial charge is 0.427 e. The van der Waals surface area contributed by atoms with Gasteiger partial charge in [-0.15, -0.1) is 5.06 Å². The summed E-state index contributed by atoms with van der Waals surface area (Å²) in [5.74, 6) is -0.455. The standard InChI is InChI=1S/C10H16FNO4/c1-10(2,3)15-9(14)16-12-5-4-8(13)7(11)6-12/h7H,4-6H2,1-3H3. The van der Waals surface area contributed by atoms with Crippen molar-refractivity contribution in [1.82, 2.24) is 5.06 Å². The van der Waals surface area contributed by atoms with Crippen LogP contribution in [0.15, 0.2) is 0 Å². The molecule has 0 aromatic rings. The molecule has 6 heteroatoms. The maximum absolute atomic E-state index is 13.0. The molecule has 0 radical (unpaired) electrons. The number of alkyl halides is 1. The van der Waals surface area contributed by atoms with Crippen LogP contribution in [-0.4, -0.2) is 41.9 Å². The summed E-state index contributed by atoms with van der Waals surface area (Å²) in [6, 6.07) is 0. The maximum Gasteiger partial charge on any atom is 0.528 e. The van der Waals surface area contributed by atoms with Gasteiger partial charge in [0.2, 0.25) is 0 Å². The molecule has 0 aromatic heterocycles. The summed E-state index contributed by atoms with van der Waals surface area (Å²) in [5, 5.41) is 1.11. The summed E-state index contributed by atoms with van der Waals surface area (Å²) in [5.41, 5.74) is -0.655. The Kier molecular flexibility index (Phi) is 3.85. The van der Waals surface area contributed by atoms with E-state index in [0.29, 0.717) is 0 Å². The maximum atomic E-state index is 13.0. The Labute approximate surface area is 93.4 Å². The molecular formula is C10H16FNO4. The highest BCUT2D eigenvalue weighted by atomic mass is 19.1. The molecule has 1 aliphatic rings. The van der Waals surface area contributed by atoms with Crippen LogP contribution in [0.3, 0.4) is 0 Å². The number of hydroxylamine groups is 2. The minimum Gasteiger partial charge on any atom is -0.427 e. The van der Waals surface area contributed by atoms with Crippen molar-refractivity contribution < 1.29 is 23.6 Å². The molecule has 0 spiro atoms. The SMILES string of the molecule is CC(C)(C)OC(=O)ON1CCC(=O)C(F)C1. The number of hydrogen-bond acceptors (Lipinski definition) is 5. The normalized spacial score (nSPS) is 23.0. The number of carbonyl (C=O) groups is 2. The summed E-state index contributed by atoms with van der Waals surface area (Å²) in [6.45, 7) is 5.08. The van der Waals surface area contributed by atoms with Gasteiger partial charge in [-0.1, -0.05) is 0 Å². The molecule has 16 heavy (non-hydrogen) atoms. The van der Waals surface area contributed by atoms with Crippen molar-refractivity contribution in [2.75, 3.05) is 13.1 Å². The van der Waals surface area contributed by atoms with Crippen LogP contribution in [0.2, 0.25) is 0 Å². The number of ketones is 1. The third-order valence-corrected chi connectivity index (χ3v) is 1.91. The van der Waals surface area contributed by atoms with Crippen molar-refractivity contribution in [2.45, 2.75) is 39.0 Å². The average Bonchev–Trinajstić information content (AvgIpc) is 2.08. The molecule has 0 N–H and O–H groups in total. The van der Waals surface area contributed by atoms with Gasteiger partial charge in [0.05, 0.1) is 6.54 Å². The van der Waals surface area contributed by atoms with E-state index < -0.39 is 23.7 Å². The van der Waals surface area contributed by atoms with E-state index in [1.54, 1.807) is 20.8 Å². The van der Waals surface area contributed by atoms with Gasteiger partial charge < -0.3 is 9.57 Å². The van der Waals surface area contributed by atoms with E-state index in [-0.39, 0.29) is 19.5 Å². The van der Waals surface area contributed by atoms with Gasteiger partial charge in [0.15, 0.2) is 12.0 Å². The Balaban J connectivity index is 2.38. The van der Waals surface area contributed by atoms with Crippen LogP contribution in [0.5, 0.6) is 0 Å². The van der Waals surface area contributed by atoms with Crippen LogP contribution in [0, 0.1) is 0 Å². The number of nitrogens with zero attached hydrogens (tertiary/aromatic N) is 1. The zero-order chi connectivity index (χ0) is 12.3. The first-order valence-corrected chi connectivity index (χ1v) is 5.10. The van der Waals surface area contributed by atoms with Gasteiger partial charge in [0, 0.05) is 13.0 Å². The molecule has 1 heterocycles. The molecule has 0 amide bonds. The predicted octanol–water partition coefficient (Wildman–Crippen LogP) is 1.47. The van der Waals surface area contributed by atoms with Crippen molar-refractivity contribution in [2.24, 2.45) is 0 Å². The topological polar surface area (TPSA) is 55.8 Å². The van der Waals surface area contributed by atoms with E-state index in [1.165, 1.54) is 0 Å². The summed E-state index contributed by atoms with van der Waals surface area (Å²) in [4.78, 5) is 26.9. The lowest BCUT2D eigenvalue weighted by Gasteiger charge is -2.27. The molecule has 0 saturated carbocycles. The third kappa shape index (κ3) is 4.14. The lowest BCUT2D eigenvalue weighted by molar-refractivity contribution is -0.168. The molecule has 1 aliphatic heterocycles. The second kappa shape index (κ2) is 4.78. The Morgan fingerprint density at radius 1 is 1.50 bits per heavy atom. The lowest BCUT2D eigenvalue weighted by Crippen LogP contribution is -2.43. The number of hydrogen-bond donors (Lipinski definition) is 0. The van der Waals surface area contributed by atoms with Crippen molar-refractivity contribution >= 4 is 11.9 Å². The van der Waals surface area contributed by atoms with Crippen LogP contribution in [-0.2, 0) is 14.4 Å². The first kappa shape index (κ1) is 12.9. The van der Waals surface area contributed by atoms with Crippen molar-refractivity contribution in [1.29, 1.82) is 0 Å². The van der Waals surface area contributed by atoms with E-state index in [0.717, 1.165) is 5.06 Å². The van der Waals surface area contributed by atoms with E-state index in [9.17, 15) is 14.0 Å². The molecular weight excluding hydrogens is 217 g/mol. The largest absolute Gasteiger partial charge is 0.528 e. The Bertz CT molecular complexity index is 287. The fraction of sp³-hybridized carbons (Fsp3) is 0.800. The van der Waals surface area contributed by atoms with E-state index >= 15 is 0 Å². The van der Waals surface area contributed by atoms with Crippen LogP contribution >= 0.6 is 0 Å². The summed E-state index contributed by atoms with van der Waals surface area (Å²) in [6.07, 6.45) is -2.42. The fourth-order valence-corrected chi connectivity index (χ4v) is 1.22. The van der Waals surface area contributed by atoms with E-state index in [1.807, 2.05) is 0 Å². The van der Waals surface area contributed by atoms with Gasteiger partial charge in [-0.2, -0.15) is 0 Å². The molecule has 0 aromatic carbocycles. The molecule has 0 bridgehead atoms. The van der Waals surface area contributed by atoms with Gasteiger partial charge in [-0.25, -0.2) is 9.18 Å². The van der Waals surface area contributed by atoms with Gasteiger partial charge in [0.1, 0.15) is 5.60 Å². The first-order chi connectivity index (χ1) is 7.28. The lowest BCUT2D eigenvalue weighted by atomic mass is 10.1. The first-order valence-electron chi connectivity index (χ1n) is 5.10. The van der Waals surface area contributed by atoms with E-state index in [4.69, 9.17) is 9.57 Å².